The second-order valence-corrected chi connectivity index (χ2v) is 4.54. The van der Waals surface area contributed by atoms with Crippen LogP contribution >= 0.6 is 0 Å². The van der Waals surface area contributed by atoms with Crippen LogP contribution in [0.5, 0.6) is 0 Å². The van der Waals surface area contributed by atoms with Crippen molar-refractivity contribution >= 4 is 12.3 Å². The number of carboxylic acids is 1. The van der Waals surface area contributed by atoms with Crippen LogP contribution in [0.2, 0.25) is 0 Å². The van der Waals surface area contributed by atoms with Crippen molar-refractivity contribution in [2.45, 2.75) is 63.4 Å². The number of hydrogen-bond donors (Lipinski definition) is 5. The molecule has 0 saturated carbocycles. The predicted molar refractivity (Wildman–Crippen MR) is 70.9 cm³/mol. The predicted octanol–water partition coefficient (Wildman–Crippen LogP) is -5.67. The number of rotatable bonds is 10. The summed E-state index contributed by atoms with van der Waals surface area (Å²) in [5, 5.41) is 53.4. The van der Waals surface area contributed by atoms with Crippen LogP contribution in [0.15, 0.2) is 0 Å². The van der Waals surface area contributed by atoms with E-state index in [9.17, 15) is 14.7 Å². The van der Waals surface area contributed by atoms with Gasteiger partial charge in [-0.2, -0.15) is 0 Å². The average molecular weight is 332 g/mol. The van der Waals surface area contributed by atoms with Crippen molar-refractivity contribution in [3.8, 4) is 0 Å². The van der Waals surface area contributed by atoms with Crippen molar-refractivity contribution in [1.82, 2.24) is 0 Å². The molecule has 22 heavy (non-hydrogen) atoms. The zero-order valence-corrected chi connectivity index (χ0v) is 15.1. The average Bonchev–Trinajstić information content (AvgIpc) is 2.48. The number of aliphatic hydroxyl groups is 5. The van der Waals surface area contributed by atoms with E-state index in [0.717, 1.165) is 25.7 Å². The minimum absolute atomic E-state index is 0. The van der Waals surface area contributed by atoms with E-state index in [-0.39, 0.29) is 42.3 Å². The number of carboxylic acid groups (broad SMARTS) is 1. The fourth-order valence-electron chi connectivity index (χ4n) is 1.31. The van der Waals surface area contributed by atoms with E-state index in [2.05, 4.69) is 6.92 Å². The van der Waals surface area contributed by atoms with Gasteiger partial charge in [-0.25, -0.2) is 0 Å². The van der Waals surface area contributed by atoms with E-state index in [4.69, 9.17) is 25.5 Å². The largest absolute Gasteiger partial charge is 1.00 e. The summed E-state index contributed by atoms with van der Waals surface area (Å²) in [4.78, 5) is 19.7. The topological polar surface area (TPSA) is 158 Å². The standard InChI is InChI=1S/C7H14O2.C6H12O6.Na/c1-2-3-4-5-6-7(8)9;7-1-3(9)5(11)6(12)4(10)2-8;/h2-6H2,1H3,(H,8,9);1,3-6,8-12H,2H2;/q;;+1/p-1/t;3-,4+,5+,6+;/m.0./s1. The molecule has 8 nitrogen and oxygen atoms in total. The first kappa shape index (κ1) is 26.8. The Labute approximate surface area is 152 Å². The van der Waals surface area contributed by atoms with Gasteiger partial charge in [0.25, 0.3) is 0 Å². The Morgan fingerprint density at radius 3 is 2.00 bits per heavy atom. The molecule has 0 saturated heterocycles. The zero-order chi connectivity index (χ0) is 16.8. The summed E-state index contributed by atoms with van der Waals surface area (Å²) in [6.45, 7) is 1.34. The maximum absolute atomic E-state index is 9.90. The fraction of sp³-hybridized carbons (Fsp3) is 0.846. The Balaban J connectivity index is -0.000000326. The minimum atomic E-state index is -1.79. The first-order valence-electron chi connectivity index (χ1n) is 6.80. The van der Waals surface area contributed by atoms with Gasteiger partial charge < -0.3 is 40.2 Å². The van der Waals surface area contributed by atoms with Crippen LogP contribution in [-0.2, 0) is 9.59 Å². The molecule has 0 aromatic rings. The van der Waals surface area contributed by atoms with Crippen LogP contribution in [0.4, 0.5) is 0 Å². The fourth-order valence-corrected chi connectivity index (χ4v) is 1.31. The first-order valence-corrected chi connectivity index (χ1v) is 6.80. The zero-order valence-electron chi connectivity index (χ0n) is 13.1. The Hall–Kier alpha value is -0.0600. The summed E-state index contributed by atoms with van der Waals surface area (Å²) in [5.41, 5.74) is 0. The van der Waals surface area contributed by atoms with Gasteiger partial charge in [-0.05, 0) is 12.8 Å². The number of carbonyl (C=O) groups excluding carboxylic acids is 2. The monoisotopic (exact) mass is 332 g/mol. The smallest absolute Gasteiger partial charge is 0.550 e. The number of hydrogen-bond acceptors (Lipinski definition) is 8. The van der Waals surface area contributed by atoms with Crippen LogP contribution in [-0.4, -0.2) is 68.8 Å². The molecule has 0 bridgehead atoms. The summed E-state index contributed by atoms with van der Waals surface area (Å²) in [6.07, 6.45) is -2.55. The van der Waals surface area contributed by atoms with Crippen LogP contribution in [0.1, 0.15) is 39.0 Å². The van der Waals surface area contributed by atoms with E-state index in [1.54, 1.807) is 0 Å². The molecule has 0 amide bonds. The molecule has 0 radical (unpaired) electrons. The first-order chi connectivity index (χ1) is 9.81. The molecule has 0 aromatic heterocycles. The number of unbranched alkanes of at least 4 members (excludes halogenated alkanes) is 3. The quantitative estimate of drug-likeness (QED) is 0.150. The summed E-state index contributed by atoms with van der Waals surface area (Å²) >= 11 is 0. The van der Waals surface area contributed by atoms with Crippen molar-refractivity contribution < 1.29 is 69.8 Å². The Morgan fingerprint density at radius 1 is 1.09 bits per heavy atom. The van der Waals surface area contributed by atoms with E-state index in [1.165, 1.54) is 0 Å². The van der Waals surface area contributed by atoms with Crippen LogP contribution in [0.3, 0.4) is 0 Å². The number of aliphatic hydroxyl groups excluding tert-OH is 5. The second-order valence-electron chi connectivity index (χ2n) is 4.54. The van der Waals surface area contributed by atoms with Gasteiger partial charge in [-0.1, -0.05) is 26.2 Å². The summed E-state index contributed by atoms with van der Waals surface area (Å²) in [5.74, 6) is -0.925. The molecule has 0 aliphatic heterocycles. The van der Waals surface area contributed by atoms with Crippen LogP contribution < -0.4 is 34.7 Å². The molecule has 0 heterocycles. The molecule has 4 atom stereocenters. The van der Waals surface area contributed by atoms with Gasteiger partial charge in [0, 0.05) is 5.97 Å². The van der Waals surface area contributed by atoms with Gasteiger partial charge in [0.2, 0.25) is 0 Å². The molecule has 126 valence electrons. The molecular formula is C13H25NaO8. The van der Waals surface area contributed by atoms with Gasteiger partial charge in [0.1, 0.15) is 24.4 Å². The molecule has 5 N–H and O–H groups in total. The molecular weight excluding hydrogens is 307 g/mol. The Bertz CT molecular complexity index is 277. The third kappa shape index (κ3) is 14.9. The molecule has 9 heteroatoms. The van der Waals surface area contributed by atoms with Crippen molar-refractivity contribution in [1.29, 1.82) is 0 Å². The molecule has 0 aromatic carbocycles. The third-order valence-corrected chi connectivity index (χ3v) is 2.65. The van der Waals surface area contributed by atoms with E-state index in [0.29, 0.717) is 0 Å². The Morgan fingerprint density at radius 2 is 1.64 bits per heavy atom. The molecule has 0 fully saturated rings. The van der Waals surface area contributed by atoms with Crippen LogP contribution in [0.25, 0.3) is 0 Å². The molecule has 0 unspecified atom stereocenters. The van der Waals surface area contributed by atoms with Gasteiger partial charge in [0.15, 0.2) is 6.29 Å². The van der Waals surface area contributed by atoms with Crippen molar-refractivity contribution in [2.24, 2.45) is 0 Å². The van der Waals surface area contributed by atoms with Crippen molar-refractivity contribution in [2.75, 3.05) is 6.61 Å². The van der Waals surface area contributed by atoms with Crippen molar-refractivity contribution in [3.63, 3.8) is 0 Å². The van der Waals surface area contributed by atoms with E-state index >= 15 is 0 Å². The van der Waals surface area contributed by atoms with Gasteiger partial charge >= 0.3 is 29.6 Å². The molecule has 0 aliphatic rings. The number of aliphatic carboxylic acids is 1. The van der Waals surface area contributed by atoms with Crippen LogP contribution in [0, 0.1) is 0 Å². The maximum Gasteiger partial charge on any atom is 1.00 e. The minimum Gasteiger partial charge on any atom is -0.550 e. The second kappa shape index (κ2) is 17.3. The normalized spacial score (nSPS) is 15.4. The SMILES string of the molecule is CCCCCCC(=O)[O-].O=C[C@H](O)[C@@H](O)[C@H](O)[C@H](O)CO.[Na+]. The Kier molecular flexibility index (Phi) is 21.1. The van der Waals surface area contributed by atoms with E-state index in [1.807, 2.05) is 0 Å². The molecule has 0 rings (SSSR count). The summed E-state index contributed by atoms with van der Waals surface area (Å²) < 4.78 is 0. The van der Waals surface area contributed by atoms with Gasteiger partial charge in [-0.15, -0.1) is 0 Å². The number of carbonyl (C=O) groups is 2. The molecule has 0 aliphatic carbocycles. The van der Waals surface area contributed by atoms with Gasteiger partial charge in [-0.3, -0.25) is 0 Å². The number of aldehydes is 1. The van der Waals surface area contributed by atoms with E-state index < -0.39 is 37.0 Å². The third-order valence-electron chi connectivity index (χ3n) is 2.65. The summed E-state index contributed by atoms with van der Waals surface area (Å²) in [6, 6.07) is 0. The maximum atomic E-state index is 9.90. The summed E-state index contributed by atoms with van der Waals surface area (Å²) in [7, 11) is 0. The molecule has 0 spiro atoms. The van der Waals surface area contributed by atoms with Gasteiger partial charge in [0.05, 0.1) is 6.61 Å². The van der Waals surface area contributed by atoms with Crippen molar-refractivity contribution in [3.05, 3.63) is 0 Å².